The summed E-state index contributed by atoms with van der Waals surface area (Å²) in [6.45, 7) is 8.07. The first-order chi connectivity index (χ1) is 14.3. The fraction of sp³-hybridized carbons (Fsp3) is 0.458. The molecule has 1 unspecified atom stereocenters. The molecule has 6 heteroatoms. The molecule has 0 spiro atoms. The van der Waals surface area contributed by atoms with E-state index in [-0.39, 0.29) is 18.3 Å². The van der Waals surface area contributed by atoms with Gasteiger partial charge in [-0.1, -0.05) is 19.1 Å². The number of hydrogen-bond donors (Lipinski definition) is 0. The monoisotopic (exact) mass is 410 g/mol. The highest BCUT2D eigenvalue weighted by molar-refractivity contribution is 5.99. The minimum Gasteiger partial charge on any atom is -0.456 e. The summed E-state index contributed by atoms with van der Waals surface area (Å²) in [5.41, 5.74) is 4.45. The highest BCUT2D eigenvalue weighted by Crippen LogP contribution is 2.23. The van der Waals surface area contributed by atoms with Gasteiger partial charge in [0.1, 0.15) is 6.04 Å². The summed E-state index contributed by atoms with van der Waals surface area (Å²) in [7, 11) is 0. The van der Waals surface area contributed by atoms with Crippen molar-refractivity contribution in [3.05, 3.63) is 52.8 Å². The number of aryl methyl sites for hydroxylation is 2. The van der Waals surface area contributed by atoms with Crippen LogP contribution in [0.1, 0.15) is 59.9 Å². The van der Waals surface area contributed by atoms with Gasteiger partial charge in [0.2, 0.25) is 11.7 Å². The molecule has 30 heavy (non-hydrogen) atoms. The third kappa shape index (κ3) is 4.48. The molecule has 1 amide bonds. The third-order valence-electron chi connectivity index (χ3n) is 5.65. The molecule has 2 aromatic rings. The van der Waals surface area contributed by atoms with Crippen LogP contribution in [0, 0.1) is 20.8 Å². The molecule has 0 aliphatic carbocycles. The molecule has 0 radical (unpaired) electrons. The lowest BCUT2D eigenvalue weighted by Gasteiger charge is -2.23. The zero-order chi connectivity index (χ0) is 21.8. The quantitative estimate of drug-likeness (QED) is 0.512. The second kappa shape index (κ2) is 9.28. The number of rotatable bonds is 7. The van der Waals surface area contributed by atoms with E-state index in [0.717, 1.165) is 35.5 Å². The van der Waals surface area contributed by atoms with Crippen molar-refractivity contribution in [2.75, 3.05) is 13.2 Å². The lowest BCUT2D eigenvalue weighted by molar-refractivity contribution is -0.152. The molecule has 1 aliphatic rings. The van der Waals surface area contributed by atoms with E-state index in [4.69, 9.17) is 4.74 Å². The number of aromatic nitrogens is 1. The Morgan fingerprint density at radius 3 is 2.60 bits per heavy atom. The van der Waals surface area contributed by atoms with Crippen molar-refractivity contribution < 1.29 is 19.1 Å². The summed E-state index contributed by atoms with van der Waals surface area (Å²) >= 11 is 0. The normalized spacial score (nSPS) is 16.0. The highest BCUT2D eigenvalue weighted by atomic mass is 16.5. The van der Waals surface area contributed by atoms with Gasteiger partial charge in [-0.05, 0) is 63.8 Å². The van der Waals surface area contributed by atoms with Gasteiger partial charge in [-0.2, -0.15) is 0 Å². The maximum Gasteiger partial charge on any atom is 0.329 e. The van der Waals surface area contributed by atoms with Crippen molar-refractivity contribution in [1.82, 2.24) is 9.47 Å². The average molecular weight is 411 g/mol. The lowest BCUT2D eigenvalue weighted by Crippen LogP contribution is -2.41. The van der Waals surface area contributed by atoms with Crippen molar-refractivity contribution in [1.29, 1.82) is 0 Å². The highest BCUT2D eigenvalue weighted by Gasteiger charge is 2.35. The van der Waals surface area contributed by atoms with Crippen LogP contribution in [-0.2, 0) is 14.3 Å². The Morgan fingerprint density at radius 1 is 1.13 bits per heavy atom. The molecule has 0 saturated carbocycles. The Hall–Kier alpha value is -2.89. The molecular formula is C24H30N2O4. The van der Waals surface area contributed by atoms with Crippen LogP contribution in [0.4, 0.5) is 0 Å². The van der Waals surface area contributed by atoms with Crippen molar-refractivity contribution >= 4 is 17.7 Å². The summed E-state index contributed by atoms with van der Waals surface area (Å²) in [6, 6.07) is 9.34. The largest absolute Gasteiger partial charge is 0.456 e. The number of likely N-dealkylation sites (tertiary alicyclic amines) is 1. The summed E-state index contributed by atoms with van der Waals surface area (Å²) in [5, 5.41) is 0. The smallest absolute Gasteiger partial charge is 0.329 e. The van der Waals surface area contributed by atoms with E-state index in [1.54, 1.807) is 4.90 Å². The molecule has 1 fully saturated rings. The molecule has 2 heterocycles. The first-order valence-corrected chi connectivity index (χ1v) is 10.6. The van der Waals surface area contributed by atoms with Crippen LogP contribution in [0.25, 0.3) is 5.69 Å². The number of ketones is 1. The number of carbonyl (C=O) groups is 3. The van der Waals surface area contributed by atoms with Crippen molar-refractivity contribution in [3.63, 3.8) is 0 Å². The van der Waals surface area contributed by atoms with Gasteiger partial charge in [0.05, 0.1) is 0 Å². The van der Waals surface area contributed by atoms with Crippen LogP contribution in [0.2, 0.25) is 0 Å². The first-order valence-electron chi connectivity index (χ1n) is 10.6. The fourth-order valence-corrected chi connectivity index (χ4v) is 4.19. The number of Topliss-reactive ketones (excluding diaryl/α,β-unsaturated/α-hetero) is 1. The van der Waals surface area contributed by atoms with Crippen LogP contribution in [0.5, 0.6) is 0 Å². The summed E-state index contributed by atoms with van der Waals surface area (Å²) in [6.07, 6.45) is 2.53. The van der Waals surface area contributed by atoms with Gasteiger partial charge in [0.15, 0.2) is 6.61 Å². The number of benzene rings is 1. The zero-order valence-corrected chi connectivity index (χ0v) is 18.2. The van der Waals surface area contributed by atoms with E-state index in [1.165, 1.54) is 0 Å². The number of amides is 1. The number of esters is 1. The molecule has 1 aromatic carbocycles. The van der Waals surface area contributed by atoms with Crippen LogP contribution < -0.4 is 0 Å². The van der Waals surface area contributed by atoms with Gasteiger partial charge in [-0.3, -0.25) is 9.59 Å². The molecule has 1 saturated heterocycles. The van der Waals surface area contributed by atoms with Crippen LogP contribution in [-0.4, -0.2) is 46.3 Å². The predicted molar refractivity (Wildman–Crippen MR) is 115 cm³/mol. The molecule has 1 aliphatic heterocycles. The van der Waals surface area contributed by atoms with E-state index in [9.17, 15) is 14.4 Å². The maximum absolute atomic E-state index is 12.8. The molecule has 1 atom stereocenters. The van der Waals surface area contributed by atoms with Gasteiger partial charge >= 0.3 is 5.97 Å². The Balaban J connectivity index is 1.69. The summed E-state index contributed by atoms with van der Waals surface area (Å²) in [5.74, 6) is -0.748. The Kier molecular flexibility index (Phi) is 6.75. The maximum atomic E-state index is 12.8. The fourth-order valence-electron chi connectivity index (χ4n) is 4.19. The van der Waals surface area contributed by atoms with Crippen LogP contribution in [0.15, 0.2) is 30.3 Å². The first kappa shape index (κ1) is 21.8. The summed E-state index contributed by atoms with van der Waals surface area (Å²) < 4.78 is 7.37. The average Bonchev–Trinajstić information content (AvgIpc) is 3.31. The number of ether oxygens (including phenoxy) is 1. The Labute approximate surface area is 177 Å². The second-order valence-electron chi connectivity index (χ2n) is 7.99. The molecule has 1 aromatic heterocycles. The van der Waals surface area contributed by atoms with E-state index in [1.807, 2.05) is 56.5 Å². The van der Waals surface area contributed by atoms with E-state index < -0.39 is 12.0 Å². The minimum atomic E-state index is -0.573. The molecule has 3 rings (SSSR count). The molecule has 6 nitrogen and oxygen atoms in total. The minimum absolute atomic E-state index is 0.0232. The van der Waals surface area contributed by atoms with Gasteiger partial charge in [0, 0.05) is 35.6 Å². The molecular weight excluding hydrogens is 380 g/mol. The SMILES string of the molecule is CCCC(=O)N1CCCC1C(=O)OCC(=O)c1cc(C)n(-c2cccc(C)c2)c1C. The van der Waals surface area contributed by atoms with Gasteiger partial charge in [-0.15, -0.1) is 0 Å². The van der Waals surface area contributed by atoms with Crippen molar-refractivity contribution in [2.24, 2.45) is 0 Å². The molecule has 160 valence electrons. The van der Waals surface area contributed by atoms with E-state index in [0.29, 0.717) is 24.9 Å². The van der Waals surface area contributed by atoms with Crippen LogP contribution >= 0.6 is 0 Å². The topological polar surface area (TPSA) is 68.6 Å². The lowest BCUT2D eigenvalue weighted by atomic mass is 10.1. The predicted octanol–water partition coefficient (Wildman–Crippen LogP) is 3.92. The third-order valence-corrected chi connectivity index (χ3v) is 5.65. The second-order valence-corrected chi connectivity index (χ2v) is 7.99. The number of carbonyl (C=O) groups excluding carboxylic acids is 3. The van der Waals surface area contributed by atoms with E-state index >= 15 is 0 Å². The van der Waals surface area contributed by atoms with Gasteiger partial charge in [0.25, 0.3) is 0 Å². The van der Waals surface area contributed by atoms with Crippen molar-refractivity contribution in [3.8, 4) is 5.69 Å². The van der Waals surface area contributed by atoms with Crippen molar-refractivity contribution in [2.45, 2.75) is 59.4 Å². The molecule has 0 N–H and O–H groups in total. The zero-order valence-electron chi connectivity index (χ0n) is 18.2. The summed E-state index contributed by atoms with van der Waals surface area (Å²) in [4.78, 5) is 39.1. The standard InChI is InChI=1S/C24H30N2O4/c1-5-8-23(28)25-12-7-11-21(25)24(29)30-15-22(27)20-14-17(3)26(18(20)4)19-10-6-9-16(2)13-19/h6,9-10,13-14,21H,5,7-8,11-12,15H2,1-4H3. The number of hydrogen-bond acceptors (Lipinski definition) is 4. The number of nitrogens with zero attached hydrogens (tertiary/aromatic N) is 2. The molecule has 0 bridgehead atoms. The Morgan fingerprint density at radius 2 is 1.90 bits per heavy atom. The van der Waals surface area contributed by atoms with Gasteiger partial charge < -0.3 is 14.2 Å². The van der Waals surface area contributed by atoms with E-state index in [2.05, 4.69) is 6.07 Å². The Bertz CT molecular complexity index is 960. The van der Waals surface area contributed by atoms with Crippen LogP contribution in [0.3, 0.4) is 0 Å². The van der Waals surface area contributed by atoms with Gasteiger partial charge in [-0.25, -0.2) is 4.79 Å².